The molecular formula is C13H21F3. The highest BCUT2D eigenvalue weighted by Gasteiger charge is 2.25. The van der Waals surface area contributed by atoms with Crippen molar-refractivity contribution in [3.63, 3.8) is 0 Å². The van der Waals surface area contributed by atoms with E-state index in [0.29, 0.717) is 6.42 Å². The van der Waals surface area contributed by atoms with Crippen molar-refractivity contribution in [1.29, 1.82) is 0 Å². The highest BCUT2D eigenvalue weighted by atomic mass is 19.4. The van der Waals surface area contributed by atoms with Gasteiger partial charge in [0, 0.05) is 6.42 Å². The summed E-state index contributed by atoms with van der Waals surface area (Å²) in [5, 5.41) is 0. The quantitative estimate of drug-likeness (QED) is 0.556. The van der Waals surface area contributed by atoms with E-state index in [2.05, 4.69) is 6.58 Å². The minimum absolute atomic E-state index is 0.160. The van der Waals surface area contributed by atoms with Gasteiger partial charge < -0.3 is 0 Å². The van der Waals surface area contributed by atoms with E-state index in [4.69, 9.17) is 0 Å². The van der Waals surface area contributed by atoms with Crippen molar-refractivity contribution < 1.29 is 13.2 Å². The predicted molar refractivity (Wildman–Crippen MR) is 64.3 cm³/mol. The standard InChI is InChI=1S/C11H15F3.C2H6/c1-3-4-5-7-10(2)8-6-9-11(12,13)14;1-2/h3-5,7H,1,6,8-9H2,2H3;1-2H3/b5-4-,10-7+;. The minimum atomic E-state index is -4.03. The van der Waals surface area contributed by atoms with Crippen molar-refractivity contribution in [2.75, 3.05) is 0 Å². The van der Waals surface area contributed by atoms with Crippen molar-refractivity contribution in [2.24, 2.45) is 0 Å². The molecule has 0 radical (unpaired) electrons. The zero-order chi connectivity index (χ0) is 13.0. The van der Waals surface area contributed by atoms with Crippen molar-refractivity contribution >= 4 is 0 Å². The molecule has 0 bridgehead atoms. The Morgan fingerprint density at radius 3 is 2.19 bits per heavy atom. The Bertz CT molecular complexity index is 222. The molecule has 0 aliphatic heterocycles. The summed E-state index contributed by atoms with van der Waals surface area (Å²) in [6.45, 7) is 9.31. The van der Waals surface area contributed by atoms with Gasteiger partial charge in [0.2, 0.25) is 0 Å². The Labute approximate surface area is 96.6 Å². The summed E-state index contributed by atoms with van der Waals surface area (Å²) in [6, 6.07) is 0. The zero-order valence-electron chi connectivity index (χ0n) is 10.3. The second kappa shape index (κ2) is 10.5. The minimum Gasteiger partial charge on any atom is -0.171 e. The van der Waals surface area contributed by atoms with Gasteiger partial charge in [0.15, 0.2) is 0 Å². The molecule has 0 rings (SSSR count). The van der Waals surface area contributed by atoms with Crippen molar-refractivity contribution in [2.45, 2.75) is 46.2 Å². The fraction of sp³-hybridized carbons (Fsp3) is 0.538. The fourth-order valence-electron chi connectivity index (χ4n) is 0.949. The maximum absolute atomic E-state index is 11.8. The number of hydrogen-bond acceptors (Lipinski definition) is 0. The molecule has 0 atom stereocenters. The van der Waals surface area contributed by atoms with E-state index < -0.39 is 12.6 Å². The lowest BCUT2D eigenvalue weighted by molar-refractivity contribution is -0.135. The fourth-order valence-corrected chi connectivity index (χ4v) is 0.949. The molecule has 0 aliphatic rings. The van der Waals surface area contributed by atoms with Crippen LogP contribution in [0.25, 0.3) is 0 Å². The summed E-state index contributed by atoms with van der Waals surface area (Å²) in [5.74, 6) is 0. The van der Waals surface area contributed by atoms with Gasteiger partial charge >= 0.3 is 6.18 Å². The number of hydrogen-bond donors (Lipinski definition) is 0. The maximum Gasteiger partial charge on any atom is 0.389 e. The summed E-state index contributed by atoms with van der Waals surface area (Å²) in [5.41, 5.74) is 0.951. The van der Waals surface area contributed by atoms with Crippen LogP contribution in [-0.4, -0.2) is 6.18 Å². The van der Waals surface area contributed by atoms with Crippen LogP contribution in [-0.2, 0) is 0 Å². The Kier molecular flexibility index (Phi) is 11.5. The average molecular weight is 234 g/mol. The summed E-state index contributed by atoms with van der Waals surface area (Å²) in [7, 11) is 0. The summed E-state index contributed by atoms with van der Waals surface area (Å²) < 4.78 is 35.3. The van der Waals surface area contributed by atoms with Crippen LogP contribution >= 0.6 is 0 Å². The number of halogens is 3. The zero-order valence-corrected chi connectivity index (χ0v) is 10.3. The maximum atomic E-state index is 11.8. The number of alkyl halides is 3. The number of allylic oxidation sites excluding steroid dienone is 5. The molecule has 3 heteroatoms. The highest BCUT2D eigenvalue weighted by Crippen LogP contribution is 2.23. The third-order valence-corrected chi connectivity index (χ3v) is 1.66. The summed E-state index contributed by atoms with van der Waals surface area (Å²) in [6.07, 6.45) is 2.86. The third kappa shape index (κ3) is 15.5. The molecule has 16 heavy (non-hydrogen) atoms. The van der Waals surface area contributed by atoms with E-state index in [9.17, 15) is 13.2 Å². The average Bonchev–Trinajstić information content (AvgIpc) is 2.19. The first kappa shape index (κ1) is 17.4. The largest absolute Gasteiger partial charge is 0.389 e. The van der Waals surface area contributed by atoms with Gasteiger partial charge in [-0.05, 0) is 19.8 Å². The van der Waals surface area contributed by atoms with Crippen LogP contribution < -0.4 is 0 Å². The van der Waals surface area contributed by atoms with Crippen LogP contribution in [0.2, 0.25) is 0 Å². The molecule has 0 N–H and O–H groups in total. The molecule has 94 valence electrons. The molecule has 0 heterocycles. The summed E-state index contributed by atoms with van der Waals surface area (Å²) >= 11 is 0. The second-order valence-electron chi connectivity index (χ2n) is 3.10. The Balaban J connectivity index is 0. The van der Waals surface area contributed by atoms with Crippen LogP contribution in [0.3, 0.4) is 0 Å². The molecule has 0 aromatic carbocycles. The molecule has 0 fully saturated rings. The van der Waals surface area contributed by atoms with Gasteiger partial charge in [-0.1, -0.05) is 50.3 Å². The Hall–Kier alpha value is -0.990. The molecule has 0 saturated heterocycles. The van der Waals surface area contributed by atoms with E-state index in [1.54, 1.807) is 24.3 Å². The molecule has 0 aromatic heterocycles. The van der Waals surface area contributed by atoms with Gasteiger partial charge in [0.1, 0.15) is 0 Å². The molecule has 0 saturated carbocycles. The first-order chi connectivity index (χ1) is 7.45. The van der Waals surface area contributed by atoms with Crippen LogP contribution in [0, 0.1) is 0 Å². The highest BCUT2D eigenvalue weighted by molar-refractivity contribution is 5.13. The molecule has 0 unspecified atom stereocenters. The van der Waals surface area contributed by atoms with E-state index in [0.717, 1.165) is 5.57 Å². The van der Waals surface area contributed by atoms with E-state index in [1.807, 2.05) is 20.8 Å². The van der Waals surface area contributed by atoms with E-state index in [1.165, 1.54) is 0 Å². The van der Waals surface area contributed by atoms with Crippen LogP contribution in [0.15, 0.2) is 36.5 Å². The molecule has 0 spiro atoms. The lowest BCUT2D eigenvalue weighted by atomic mass is 10.1. The first-order valence-electron chi connectivity index (χ1n) is 5.47. The van der Waals surface area contributed by atoms with Gasteiger partial charge in [-0.3, -0.25) is 0 Å². The predicted octanol–water partition coefficient (Wildman–Crippen LogP) is 5.43. The van der Waals surface area contributed by atoms with Crippen molar-refractivity contribution in [1.82, 2.24) is 0 Å². The van der Waals surface area contributed by atoms with E-state index >= 15 is 0 Å². The molecule has 0 aromatic rings. The lowest BCUT2D eigenvalue weighted by Crippen LogP contribution is -2.06. The Morgan fingerprint density at radius 2 is 1.75 bits per heavy atom. The number of rotatable bonds is 5. The molecule has 0 nitrogen and oxygen atoms in total. The first-order valence-corrected chi connectivity index (χ1v) is 5.47. The molecule has 0 aliphatic carbocycles. The van der Waals surface area contributed by atoms with Gasteiger partial charge in [-0.15, -0.1) is 0 Å². The van der Waals surface area contributed by atoms with Gasteiger partial charge in [0.25, 0.3) is 0 Å². The van der Waals surface area contributed by atoms with Gasteiger partial charge in [-0.25, -0.2) is 0 Å². The normalized spacial score (nSPS) is 12.2. The monoisotopic (exact) mass is 234 g/mol. The van der Waals surface area contributed by atoms with Crippen LogP contribution in [0.1, 0.15) is 40.0 Å². The van der Waals surface area contributed by atoms with E-state index in [-0.39, 0.29) is 6.42 Å². The third-order valence-electron chi connectivity index (χ3n) is 1.66. The van der Waals surface area contributed by atoms with Gasteiger partial charge in [0.05, 0.1) is 0 Å². The van der Waals surface area contributed by atoms with Crippen molar-refractivity contribution in [3.8, 4) is 0 Å². The topological polar surface area (TPSA) is 0 Å². The second-order valence-corrected chi connectivity index (χ2v) is 3.10. The van der Waals surface area contributed by atoms with Gasteiger partial charge in [-0.2, -0.15) is 13.2 Å². The van der Waals surface area contributed by atoms with Crippen molar-refractivity contribution in [3.05, 3.63) is 36.5 Å². The van der Waals surface area contributed by atoms with Crippen LogP contribution in [0.4, 0.5) is 13.2 Å². The smallest absolute Gasteiger partial charge is 0.171 e. The SMILES string of the molecule is C=C/C=C\C=C(/C)CCCC(F)(F)F.CC. The molecular weight excluding hydrogens is 213 g/mol. The Morgan fingerprint density at radius 1 is 1.19 bits per heavy atom. The summed E-state index contributed by atoms with van der Waals surface area (Å²) in [4.78, 5) is 0. The molecule has 0 amide bonds. The lowest BCUT2D eigenvalue weighted by Gasteiger charge is -2.05. The van der Waals surface area contributed by atoms with Crippen LogP contribution in [0.5, 0.6) is 0 Å².